The predicted molar refractivity (Wildman–Crippen MR) is 148 cm³/mol. The number of nitrogens with zero attached hydrogens (tertiary/aromatic N) is 1. The fourth-order valence-corrected chi connectivity index (χ4v) is 5.86. The highest BCUT2D eigenvalue weighted by molar-refractivity contribution is 6.03. The van der Waals surface area contributed by atoms with E-state index in [2.05, 4.69) is 144 Å². The second kappa shape index (κ2) is 8.14. The third-order valence-electron chi connectivity index (χ3n) is 7.42. The molecule has 0 spiro atoms. The molecule has 0 heterocycles. The Kier molecular flexibility index (Phi) is 4.67. The van der Waals surface area contributed by atoms with E-state index < -0.39 is 0 Å². The first-order valence-electron chi connectivity index (χ1n) is 12.3. The Hall–Kier alpha value is -4.36. The van der Waals surface area contributed by atoms with E-state index in [0.717, 1.165) is 17.1 Å². The van der Waals surface area contributed by atoms with Crippen LogP contribution in [0, 0.1) is 0 Å². The van der Waals surface area contributed by atoms with Gasteiger partial charge in [-0.05, 0) is 69.4 Å². The van der Waals surface area contributed by atoms with E-state index in [1.807, 2.05) is 0 Å². The van der Waals surface area contributed by atoms with Crippen molar-refractivity contribution in [2.24, 2.45) is 0 Å². The summed E-state index contributed by atoms with van der Waals surface area (Å²) >= 11 is 0. The zero-order valence-corrected chi connectivity index (χ0v) is 19.4. The van der Waals surface area contributed by atoms with Gasteiger partial charge in [0, 0.05) is 28.9 Å². The molecule has 0 saturated heterocycles. The van der Waals surface area contributed by atoms with E-state index in [1.54, 1.807) is 0 Å². The molecule has 0 amide bonds. The van der Waals surface area contributed by atoms with Crippen LogP contribution in [0.25, 0.3) is 21.9 Å². The number of para-hydroxylation sites is 2. The van der Waals surface area contributed by atoms with Crippen LogP contribution in [0.15, 0.2) is 140 Å². The predicted octanol–water partition coefficient (Wildman–Crippen LogP) is 9.28. The van der Waals surface area contributed by atoms with Crippen molar-refractivity contribution in [2.45, 2.75) is 11.8 Å². The van der Waals surface area contributed by atoms with Gasteiger partial charge in [0.1, 0.15) is 0 Å². The molecule has 166 valence electrons. The van der Waals surface area contributed by atoms with Crippen LogP contribution in [-0.2, 0) is 0 Å². The SMILES string of the molecule is C1=CC2c3cccc4c(-c5ccc(N(c6ccccc6)c6ccccc6)cc5)ccc(c34)C2C=C1. The molecule has 7 rings (SSSR count). The fourth-order valence-electron chi connectivity index (χ4n) is 5.86. The summed E-state index contributed by atoms with van der Waals surface area (Å²) in [6, 6.07) is 41.6. The van der Waals surface area contributed by atoms with Crippen LogP contribution in [0.3, 0.4) is 0 Å². The Morgan fingerprint density at radius 2 is 1.03 bits per heavy atom. The number of benzene rings is 5. The summed E-state index contributed by atoms with van der Waals surface area (Å²) in [6.45, 7) is 0. The van der Waals surface area contributed by atoms with Crippen LogP contribution in [0.5, 0.6) is 0 Å². The van der Waals surface area contributed by atoms with Gasteiger partial charge in [0.05, 0.1) is 0 Å². The van der Waals surface area contributed by atoms with Crippen LogP contribution < -0.4 is 4.90 Å². The molecule has 5 aromatic carbocycles. The van der Waals surface area contributed by atoms with Crippen LogP contribution in [0.2, 0.25) is 0 Å². The van der Waals surface area contributed by atoms with Gasteiger partial charge in [0.25, 0.3) is 0 Å². The van der Waals surface area contributed by atoms with Crippen molar-refractivity contribution in [3.05, 3.63) is 151 Å². The number of rotatable bonds is 4. The number of allylic oxidation sites excluding steroid dienone is 4. The van der Waals surface area contributed by atoms with Gasteiger partial charge in [-0.2, -0.15) is 0 Å². The van der Waals surface area contributed by atoms with E-state index >= 15 is 0 Å². The van der Waals surface area contributed by atoms with Gasteiger partial charge in [0.2, 0.25) is 0 Å². The minimum Gasteiger partial charge on any atom is -0.311 e. The van der Waals surface area contributed by atoms with Crippen LogP contribution in [-0.4, -0.2) is 0 Å². The van der Waals surface area contributed by atoms with Gasteiger partial charge in [0.15, 0.2) is 0 Å². The monoisotopic (exact) mass is 447 g/mol. The number of anilines is 3. The van der Waals surface area contributed by atoms with Crippen molar-refractivity contribution in [1.29, 1.82) is 0 Å². The molecule has 0 bridgehead atoms. The minimum absolute atomic E-state index is 0.460. The van der Waals surface area contributed by atoms with Gasteiger partial charge in [-0.3, -0.25) is 0 Å². The fraction of sp³-hybridized carbons (Fsp3) is 0.0588. The first-order chi connectivity index (χ1) is 17.4. The number of hydrogen-bond donors (Lipinski definition) is 0. The third kappa shape index (κ3) is 3.24. The van der Waals surface area contributed by atoms with E-state index in [9.17, 15) is 0 Å². The summed E-state index contributed by atoms with van der Waals surface area (Å²) in [6.07, 6.45) is 9.10. The maximum Gasteiger partial charge on any atom is 0.0462 e. The van der Waals surface area contributed by atoms with E-state index in [-0.39, 0.29) is 0 Å². The van der Waals surface area contributed by atoms with Gasteiger partial charge in [-0.15, -0.1) is 0 Å². The molecule has 2 aliphatic rings. The molecule has 0 aliphatic heterocycles. The summed E-state index contributed by atoms with van der Waals surface area (Å²) in [5, 5.41) is 2.79. The zero-order chi connectivity index (χ0) is 23.2. The lowest BCUT2D eigenvalue weighted by Gasteiger charge is -2.25. The lowest BCUT2D eigenvalue weighted by molar-refractivity contribution is 0.769. The molecule has 0 N–H and O–H groups in total. The average Bonchev–Trinajstić information content (AvgIpc) is 3.26. The zero-order valence-electron chi connectivity index (χ0n) is 19.4. The molecule has 0 saturated carbocycles. The van der Waals surface area contributed by atoms with Crippen molar-refractivity contribution in [2.75, 3.05) is 4.90 Å². The molecule has 0 fully saturated rings. The summed E-state index contributed by atoms with van der Waals surface area (Å²) in [4.78, 5) is 2.31. The second-order valence-corrected chi connectivity index (χ2v) is 9.35. The maximum absolute atomic E-state index is 2.36. The molecule has 2 atom stereocenters. The largest absolute Gasteiger partial charge is 0.311 e. The quantitative estimate of drug-likeness (QED) is 0.265. The van der Waals surface area contributed by atoms with E-state index in [1.165, 1.54) is 33.0 Å². The smallest absolute Gasteiger partial charge is 0.0462 e. The molecule has 0 aromatic heterocycles. The topological polar surface area (TPSA) is 3.24 Å². The number of hydrogen-bond acceptors (Lipinski definition) is 1. The standard InChI is InChI=1S/C34H25N/c1-3-10-25(11-4-1)35(26-12-5-2-6-13-26)27-20-18-24(19-21-27)28-22-23-33-30-15-8-7-14-29(30)32-17-9-16-31(28)34(32)33/h1-23,29-30H. The van der Waals surface area contributed by atoms with Crippen molar-refractivity contribution in [3.8, 4) is 11.1 Å². The van der Waals surface area contributed by atoms with E-state index in [0.29, 0.717) is 11.8 Å². The van der Waals surface area contributed by atoms with Gasteiger partial charge in [-0.1, -0.05) is 103 Å². The first-order valence-corrected chi connectivity index (χ1v) is 12.3. The maximum atomic E-state index is 2.36. The Balaban J connectivity index is 1.33. The highest BCUT2D eigenvalue weighted by Gasteiger charge is 2.32. The highest BCUT2D eigenvalue weighted by atomic mass is 15.1. The normalized spacial score (nSPS) is 17.5. The van der Waals surface area contributed by atoms with Gasteiger partial charge >= 0.3 is 0 Å². The van der Waals surface area contributed by atoms with Crippen molar-refractivity contribution in [1.82, 2.24) is 0 Å². The molecule has 0 radical (unpaired) electrons. The molecule has 35 heavy (non-hydrogen) atoms. The molecular formula is C34H25N. The van der Waals surface area contributed by atoms with Crippen LogP contribution >= 0.6 is 0 Å². The molecule has 1 nitrogen and oxygen atoms in total. The summed E-state index contributed by atoms with van der Waals surface area (Å²) in [7, 11) is 0. The van der Waals surface area contributed by atoms with Gasteiger partial charge < -0.3 is 4.90 Å². The van der Waals surface area contributed by atoms with Crippen LogP contribution in [0.1, 0.15) is 23.0 Å². The lowest BCUT2D eigenvalue weighted by Crippen LogP contribution is -2.09. The molecule has 2 aliphatic carbocycles. The Morgan fingerprint density at radius 1 is 0.457 bits per heavy atom. The van der Waals surface area contributed by atoms with E-state index in [4.69, 9.17) is 0 Å². The minimum atomic E-state index is 0.460. The molecule has 2 unspecified atom stereocenters. The Morgan fingerprint density at radius 3 is 1.66 bits per heavy atom. The summed E-state index contributed by atoms with van der Waals surface area (Å²) < 4.78 is 0. The molecule has 5 aromatic rings. The Bertz CT molecular complexity index is 1510. The second-order valence-electron chi connectivity index (χ2n) is 9.35. The highest BCUT2D eigenvalue weighted by Crippen LogP contribution is 2.51. The lowest BCUT2D eigenvalue weighted by atomic mass is 9.86. The number of fused-ring (bicyclic) bond motifs is 3. The van der Waals surface area contributed by atoms with Crippen molar-refractivity contribution in [3.63, 3.8) is 0 Å². The first kappa shape index (κ1) is 20.1. The molecular weight excluding hydrogens is 422 g/mol. The van der Waals surface area contributed by atoms with Crippen LogP contribution in [0.4, 0.5) is 17.1 Å². The third-order valence-corrected chi connectivity index (χ3v) is 7.42. The van der Waals surface area contributed by atoms with Gasteiger partial charge in [-0.25, -0.2) is 0 Å². The summed E-state index contributed by atoms with van der Waals surface area (Å²) in [5.74, 6) is 0.920. The van der Waals surface area contributed by atoms with Crippen molar-refractivity contribution >= 4 is 27.8 Å². The average molecular weight is 448 g/mol. The molecule has 1 heteroatoms. The summed E-state index contributed by atoms with van der Waals surface area (Å²) in [5.41, 5.74) is 8.93. The Labute approximate surface area is 206 Å². The van der Waals surface area contributed by atoms with Crippen molar-refractivity contribution < 1.29 is 0 Å².